The molecule has 2 atom stereocenters. The first kappa shape index (κ1) is 33.3. The Morgan fingerprint density at radius 3 is 2.40 bits per heavy atom. The van der Waals surface area contributed by atoms with Crippen molar-refractivity contribution >= 4 is 44.8 Å². The van der Waals surface area contributed by atoms with E-state index < -0.39 is 27.5 Å². The van der Waals surface area contributed by atoms with Crippen molar-refractivity contribution in [3.05, 3.63) is 99.7 Å². The van der Waals surface area contributed by atoms with Gasteiger partial charge in [0, 0.05) is 30.3 Å². The SMILES string of the molecule is COc1ccc(S(=O)(=O)N2C(=O)C(c3cc(CN(C)C(C)C)ccc3OC)(N3CCC[C@H]3c3ncco3)c3cc(Cl)c(Cl)cc32)cc1. The zero-order chi connectivity index (χ0) is 33.7. The van der Waals surface area contributed by atoms with Crippen LogP contribution in [0.5, 0.6) is 11.5 Å². The Hall–Kier alpha value is -3.61. The molecule has 1 amide bonds. The third-order valence-corrected chi connectivity index (χ3v) is 11.6. The number of fused-ring (bicyclic) bond motifs is 1. The maximum atomic E-state index is 15.5. The van der Waals surface area contributed by atoms with Gasteiger partial charge in [0.15, 0.2) is 5.54 Å². The number of methoxy groups -OCH3 is 2. The van der Waals surface area contributed by atoms with E-state index in [4.69, 9.17) is 37.1 Å². The predicted molar refractivity (Wildman–Crippen MR) is 180 cm³/mol. The molecule has 4 aromatic rings. The summed E-state index contributed by atoms with van der Waals surface area (Å²) in [5.74, 6) is 0.586. The van der Waals surface area contributed by atoms with Gasteiger partial charge in [0.2, 0.25) is 5.89 Å². The van der Waals surface area contributed by atoms with Crippen LogP contribution < -0.4 is 13.8 Å². The number of likely N-dealkylation sites (tertiary alicyclic amines) is 1. The third kappa shape index (κ3) is 5.47. The highest BCUT2D eigenvalue weighted by Crippen LogP contribution is 2.57. The summed E-state index contributed by atoms with van der Waals surface area (Å²) >= 11 is 13.3. The van der Waals surface area contributed by atoms with Gasteiger partial charge in [0.05, 0.1) is 47.1 Å². The lowest BCUT2D eigenvalue weighted by molar-refractivity contribution is -0.127. The quantitative estimate of drug-likeness (QED) is 0.180. The van der Waals surface area contributed by atoms with E-state index in [2.05, 4.69) is 23.7 Å². The van der Waals surface area contributed by atoms with Crippen LogP contribution in [0.2, 0.25) is 10.0 Å². The number of sulfonamides is 1. The first-order valence-corrected chi connectivity index (χ1v) is 17.4. The molecule has 0 radical (unpaired) electrons. The molecule has 248 valence electrons. The van der Waals surface area contributed by atoms with Crippen molar-refractivity contribution in [1.82, 2.24) is 14.8 Å². The molecule has 0 spiro atoms. The van der Waals surface area contributed by atoms with Crippen molar-refractivity contribution in [3.63, 3.8) is 0 Å². The highest BCUT2D eigenvalue weighted by Gasteiger charge is 2.63. The van der Waals surface area contributed by atoms with Gasteiger partial charge in [0.25, 0.3) is 15.9 Å². The summed E-state index contributed by atoms with van der Waals surface area (Å²) in [5.41, 5.74) is 0.126. The fraction of sp³-hybridized carbons (Fsp3) is 0.353. The van der Waals surface area contributed by atoms with Crippen LogP contribution in [0.4, 0.5) is 5.69 Å². The number of nitrogens with zero attached hydrogens (tertiary/aromatic N) is 4. The van der Waals surface area contributed by atoms with E-state index in [0.29, 0.717) is 54.4 Å². The van der Waals surface area contributed by atoms with Crippen molar-refractivity contribution in [3.8, 4) is 11.5 Å². The third-order valence-electron chi connectivity index (χ3n) is 9.13. The second kappa shape index (κ2) is 12.8. The molecule has 0 bridgehead atoms. The number of hydrogen-bond acceptors (Lipinski definition) is 9. The lowest BCUT2D eigenvalue weighted by Crippen LogP contribution is -2.54. The molecule has 0 N–H and O–H groups in total. The van der Waals surface area contributed by atoms with Crippen molar-refractivity contribution in [2.75, 3.05) is 32.1 Å². The minimum atomic E-state index is -4.48. The molecule has 1 aromatic heterocycles. The van der Waals surface area contributed by atoms with Crippen LogP contribution >= 0.6 is 23.2 Å². The number of aromatic nitrogens is 1. The van der Waals surface area contributed by atoms with Crippen LogP contribution in [-0.2, 0) is 26.9 Å². The number of amides is 1. The van der Waals surface area contributed by atoms with Gasteiger partial charge in [-0.05, 0) is 87.8 Å². The average molecular weight is 700 g/mol. The van der Waals surface area contributed by atoms with E-state index in [-0.39, 0.29) is 26.7 Å². The van der Waals surface area contributed by atoms with Gasteiger partial charge >= 0.3 is 0 Å². The second-order valence-corrected chi connectivity index (χ2v) is 14.6. The van der Waals surface area contributed by atoms with Crippen LogP contribution in [0, 0.1) is 0 Å². The summed E-state index contributed by atoms with van der Waals surface area (Å²) in [6.07, 6.45) is 4.36. The van der Waals surface area contributed by atoms with Gasteiger partial charge in [-0.3, -0.25) is 14.6 Å². The lowest BCUT2D eigenvalue weighted by Gasteiger charge is -2.41. The molecule has 0 aliphatic carbocycles. The summed E-state index contributed by atoms with van der Waals surface area (Å²) in [7, 11) is 0.556. The van der Waals surface area contributed by atoms with Gasteiger partial charge in [-0.2, -0.15) is 0 Å². The molecule has 1 fully saturated rings. The summed E-state index contributed by atoms with van der Waals surface area (Å²) in [6, 6.07) is 14.4. The largest absolute Gasteiger partial charge is 0.497 e. The summed E-state index contributed by atoms with van der Waals surface area (Å²) in [6.45, 7) is 5.20. The van der Waals surface area contributed by atoms with Crippen molar-refractivity contribution in [2.24, 2.45) is 0 Å². The Balaban J connectivity index is 1.68. The molecule has 2 aliphatic rings. The number of carbonyl (C=O) groups is 1. The van der Waals surface area contributed by atoms with Crippen molar-refractivity contribution in [1.29, 1.82) is 0 Å². The topological polar surface area (TPSA) is 105 Å². The molecule has 3 aromatic carbocycles. The number of carbonyl (C=O) groups excluding carboxylic acids is 1. The minimum absolute atomic E-state index is 0.0931. The maximum Gasteiger partial charge on any atom is 0.271 e. The first-order chi connectivity index (χ1) is 22.4. The number of benzene rings is 3. The number of anilines is 1. The fourth-order valence-corrected chi connectivity index (χ4v) is 8.35. The fourth-order valence-electron chi connectivity index (χ4n) is 6.58. The summed E-state index contributed by atoms with van der Waals surface area (Å²) in [5, 5.41) is 0.279. The van der Waals surface area contributed by atoms with Gasteiger partial charge < -0.3 is 13.9 Å². The van der Waals surface area contributed by atoms with Gasteiger partial charge in [-0.15, -0.1) is 0 Å². The molecular weight excluding hydrogens is 663 g/mol. The van der Waals surface area contributed by atoms with Gasteiger partial charge in [-0.25, -0.2) is 17.7 Å². The Morgan fingerprint density at radius 1 is 1.04 bits per heavy atom. The molecule has 47 heavy (non-hydrogen) atoms. The van der Waals surface area contributed by atoms with E-state index >= 15 is 4.79 Å². The van der Waals surface area contributed by atoms with Gasteiger partial charge in [0.1, 0.15) is 17.8 Å². The van der Waals surface area contributed by atoms with E-state index in [9.17, 15) is 8.42 Å². The summed E-state index contributed by atoms with van der Waals surface area (Å²) < 4.78 is 47.0. The molecule has 2 aliphatic heterocycles. The molecular formula is C34H36Cl2N4O6S. The first-order valence-electron chi connectivity index (χ1n) is 15.2. The van der Waals surface area contributed by atoms with Crippen molar-refractivity contribution in [2.45, 2.75) is 55.8 Å². The number of rotatable bonds is 10. The normalized spacial score (nSPS) is 20.0. The highest BCUT2D eigenvalue weighted by molar-refractivity contribution is 7.93. The zero-order valence-corrected chi connectivity index (χ0v) is 29.1. The molecule has 0 saturated carbocycles. The molecule has 13 heteroatoms. The standard InChI is InChI=1S/C34H36Cl2N4O6S/c1-21(2)38(3)20-22-8-13-31(45-5)26(17-22)34(39-15-6-7-29(39)32-37-14-16-46-32)25-18-27(35)28(36)19-30(25)40(33(34)41)47(42,43)24-11-9-23(44-4)10-12-24/h8-14,16-19,21,29H,6-7,15,20H2,1-5H3/t29-,34?/m0/s1. The van der Waals surface area contributed by atoms with E-state index in [1.165, 1.54) is 50.8 Å². The lowest BCUT2D eigenvalue weighted by atomic mass is 9.80. The Kier molecular flexibility index (Phi) is 9.05. The molecule has 6 rings (SSSR count). The second-order valence-electron chi connectivity index (χ2n) is 12.0. The smallest absolute Gasteiger partial charge is 0.271 e. The molecule has 1 saturated heterocycles. The van der Waals surface area contributed by atoms with E-state index in [1.807, 2.05) is 30.1 Å². The van der Waals surface area contributed by atoms with Crippen molar-refractivity contribution < 1.29 is 27.1 Å². The van der Waals surface area contributed by atoms with E-state index in [1.54, 1.807) is 12.3 Å². The molecule has 1 unspecified atom stereocenters. The van der Waals surface area contributed by atoms with E-state index in [0.717, 1.165) is 9.87 Å². The number of ether oxygens (including phenoxy) is 2. The Bertz CT molecular complexity index is 1900. The molecule has 10 nitrogen and oxygen atoms in total. The maximum absolute atomic E-state index is 15.5. The number of halogens is 2. The Labute approximate surface area is 284 Å². The van der Waals surface area contributed by atoms with Crippen LogP contribution in [0.1, 0.15) is 55.3 Å². The number of hydrogen-bond donors (Lipinski definition) is 0. The van der Waals surface area contributed by atoms with Crippen LogP contribution in [0.15, 0.2) is 76.4 Å². The predicted octanol–water partition coefficient (Wildman–Crippen LogP) is 6.66. The Morgan fingerprint density at radius 2 is 1.77 bits per heavy atom. The van der Waals surface area contributed by atoms with Crippen LogP contribution in [0.25, 0.3) is 0 Å². The average Bonchev–Trinajstić information content (AvgIpc) is 3.81. The number of oxazole rings is 1. The van der Waals surface area contributed by atoms with Crippen LogP contribution in [-0.4, -0.2) is 63.0 Å². The molecule has 3 heterocycles. The van der Waals surface area contributed by atoms with Gasteiger partial charge in [-0.1, -0.05) is 29.3 Å². The summed E-state index contributed by atoms with van der Waals surface area (Å²) in [4.78, 5) is 24.1. The minimum Gasteiger partial charge on any atom is -0.497 e. The monoisotopic (exact) mass is 698 g/mol. The highest BCUT2D eigenvalue weighted by atomic mass is 35.5. The zero-order valence-electron chi connectivity index (χ0n) is 26.7. The van der Waals surface area contributed by atoms with Crippen LogP contribution in [0.3, 0.4) is 0 Å².